The number of ether oxygens (including phenoxy) is 1. The minimum atomic E-state index is -0.287. The van der Waals surface area contributed by atoms with E-state index in [0.29, 0.717) is 31.7 Å². The molecule has 2 saturated carbocycles. The molecule has 0 heterocycles. The van der Waals surface area contributed by atoms with Crippen LogP contribution in [-0.2, 0) is 9.53 Å². The molecule has 0 unspecified atom stereocenters. The largest absolute Gasteiger partial charge is 0.376 e. The van der Waals surface area contributed by atoms with Crippen LogP contribution in [0, 0.1) is 11.3 Å². The Morgan fingerprint density at radius 1 is 1.32 bits per heavy atom. The highest BCUT2D eigenvalue weighted by Gasteiger charge is 2.46. The lowest BCUT2D eigenvalue weighted by Gasteiger charge is -2.44. The van der Waals surface area contributed by atoms with Crippen LogP contribution in [-0.4, -0.2) is 31.7 Å². The Hall–Kier alpha value is -0.610. The van der Waals surface area contributed by atoms with Crippen LogP contribution in [0.2, 0.25) is 0 Å². The molecular formula is C15H28N2O2. The van der Waals surface area contributed by atoms with Gasteiger partial charge in [0.1, 0.15) is 0 Å². The topological polar surface area (TPSA) is 64.4 Å². The van der Waals surface area contributed by atoms with Crippen LogP contribution in [0.5, 0.6) is 0 Å². The first-order chi connectivity index (χ1) is 9.16. The van der Waals surface area contributed by atoms with Crippen LogP contribution >= 0.6 is 0 Å². The molecule has 2 fully saturated rings. The van der Waals surface area contributed by atoms with Crippen molar-refractivity contribution in [1.29, 1.82) is 0 Å². The van der Waals surface area contributed by atoms with Crippen molar-refractivity contribution in [1.82, 2.24) is 5.32 Å². The molecule has 0 aromatic heterocycles. The predicted octanol–water partition coefficient (Wildman–Crippen LogP) is 1.83. The SMILES string of the molecule is CC1CC(CN)(C(=O)NCCOC2CCCCC2)C1. The van der Waals surface area contributed by atoms with E-state index in [-0.39, 0.29) is 11.3 Å². The van der Waals surface area contributed by atoms with Gasteiger partial charge < -0.3 is 15.8 Å². The summed E-state index contributed by atoms with van der Waals surface area (Å²) < 4.78 is 5.81. The van der Waals surface area contributed by atoms with Crippen molar-refractivity contribution in [2.75, 3.05) is 19.7 Å². The summed E-state index contributed by atoms with van der Waals surface area (Å²) in [4.78, 5) is 12.1. The van der Waals surface area contributed by atoms with Gasteiger partial charge in [-0.15, -0.1) is 0 Å². The summed E-state index contributed by atoms with van der Waals surface area (Å²) in [5.74, 6) is 0.758. The van der Waals surface area contributed by atoms with Gasteiger partial charge in [0.2, 0.25) is 5.91 Å². The van der Waals surface area contributed by atoms with Gasteiger partial charge in [0, 0.05) is 13.1 Å². The average Bonchev–Trinajstić information content (AvgIpc) is 2.40. The van der Waals surface area contributed by atoms with Crippen LogP contribution in [0.1, 0.15) is 51.9 Å². The van der Waals surface area contributed by atoms with E-state index < -0.39 is 0 Å². The van der Waals surface area contributed by atoms with Crippen molar-refractivity contribution < 1.29 is 9.53 Å². The molecule has 4 nitrogen and oxygen atoms in total. The van der Waals surface area contributed by atoms with Gasteiger partial charge in [0.25, 0.3) is 0 Å². The number of hydrogen-bond donors (Lipinski definition) is 2. The maximum absolute atomic E-state index is 12.1. The van der Waals surface area contributed by atoms with Gasteiger partial charge in [0.05, 0.1) is 18.1 Å². The Kier molecular flexibility index (Phi) is 5.22. The molecule has 2 aliphatic carbocycles. The van der Waals surface area contributed by atoms with Crippen LogP contribution in [0.4, 0.5) is 0 Å². The number of amides is 1. The van der Waals surface area contributed by atoms with Crippen molar-refractivity contribution in [3.8, 4) is 0 Å². The first kappa shape index (κ1) is 14.8. The van der Waals surface area contributed by atoms with E-state index in [9.17, 15) is 4.79 Å². The fourth-order valence-electron chi connectivity index (χ4n) is 3.53. The van der Waals surface area contributed by atoms with Crippen LogP contribution in [0.15, 0.2) is 0 Å². The zero-order valence-electron chi connectivity index (χ0n) is 12.1. The molecule has 0 bridgehead atoms. The molecular weight excluding hydrogens is 240 g/mol. The average molecular weight is 268 g/mol. The second-order valence-corrected chi connectivity index (χ2v) is 6.38. The van der Waals surface area contributed by atoms with E-state index in [1.165, 1.54) is 32.1 Å². The van der Waals surface area contributed by atoms with Gasteiger partial charge in [0.15, 0.2) is 0 Å². The van der Waals surface area contributed by atoms with E-state index in [4.69, 9.17) is 10.5 Å². The molecule has 0 spiro atoms. The molecule has 0 radical (unpaired) electrons. The third-order valence-electron chi connectivity index (χ3n) is 4.64. The van der Waals surface area contributed by atoms with E-state index in [1.54, 1.807) is 0 Å². The predicted molar refractivity (Wildman–Crippen MR) is 75.7 cm³/mol. The number of nitrogens with two attached hydrogens (primary N) is 1. The van der Waals surface area contributed by atoms with Crippen molar-refractivity contribution >= 4 is 5.91 Å². The van der Waals surface area contributed by atoms with Crippen molar-refractivity contribution in [2.24, 2.45) is 17.1 Å². The third kappa shape index (κ3) is 3.69. The standard InChI is InChI=1S/C15H28N2O2/c1-12-9-15(10-12,11-16)14(18)17-7-8-19-13-5-3-2-4-6-13/h12-13H,2-11,16H2,1H3,(H,17,18). The number of carbonyl (C=O) groups is 1. The van der Waals surface area contributed by atoms with Crippen LogP contribution < -0.4 is 11.1 Å². The number of rotatable bonds is 6. The van der Waals surface area contributed by atoms with Crippen molar-refractivity contribution in [3.05, 3.63) is 0 Å². The lowest BCUT2D eigenvalue weighted by Crippen LogP contribution is -2.53. The molecule has 3 N–H and O–H groups in total. The highest BCUT2D eigenvalue weighted by atomic mass is 16.5. The normalized spacial score (nSPS) is 31.8. The van der Waals surface area contributed by atoms with Crippen molar-refractivity contribution in [2.45, 2.75) is 58.0 Å². The Morgan fingerprint density at radius 3 is 2.58 bits per heavy atom. The van der Waals surface area contributed by atoms with E-state index >= 15 is 0 Å². The molecule has 0 atom stereocenters. The Bertz CT molecular complexity index is 295. The summed E-state index contributed by atoms with van der Waals surface area (Å²) in [5.41, 5.74) is 5.47. The molecule has 2 rings (SSSR count). The summed E-state index contributed by atoms with van der Waals surface area (Å²) in [7, 11) is 0. The fraction of sp³-hybridized carbons (Fsp3) is 0.933. The zero-order chi connectivity index (χ0) is 13.7. The second-order valence-electron chi connectivity index (χ2n) is 6.38. The molecule has 2 aliphatic rings. The van der Waals surface area contributed by atoms with Crippen LogP contribution in [0.3, 0.4) is 0 Å². The Labute approximate surface area is 116 Å². The van der Waals surface area contributed by atoms with E-state index in [0.717, 1.165) is 12.8 Å². The number of carbonyl (C=O) groups excluding carboxylic acids is 1. The highest BCUT2D eigenvalue weighted by molar-refractivity contribution is 5.83. The molecule has 0 aromatic rings. The molecule has 1 amide bonds. The van der Waals surface area contributed by atoms with Gasteiger partial charge in [-0.3, -0.25) is 4.79 Å². The lowest BCUT2D eigenvalue weighted by molar-refractivity contribution is -0.138. The van der Waals surface area contributed by atoms with Gasteiger partial charge in [-0.2, -0.15) is 0 Å². The van der Waals surface area contributed by atoms with Crippen molar-refractivity contribution in [3.63, 3.8) is 0 Å². The minimum absolute atomic E-state index is 0.125. The first-order valence-electron chi connectivity index (χ1n) is 7.76. The first-order valence-corrected chi connectivity index (χ1v) is 7.76. The summed E-state index contributed by atoms with van der Waals surface area (Å²) in [6.07, 6.45) is 8.54. The third-order valence-corrected chi connectivity index (χ3v) is 4.64. The Balaban J connectivity index is 1.61. The second kappa shape index (κ2) is 6.71. The number of hydrogen-bond acceptors (Lipinski definition) is 3. The fourth-order valence-corrected chi connectivity index (χ4v) is 3.53. The van der Waals surface area contributed by atoms with E-state index in [1.807, 2.05) is 0 Å². The van der Waals surface area contributed by atoms with Gasteiger partial charge in [-0.25, -0.2) is 0 Å². The van der Waals surface area contributed by atoms with Gasteiger partial charge >= 0.3 is 0 Å². The van der Waals surface area contributed by atoms with Crippen LogP contribution in [0.25, 0.3) is 0 Å². The summed E-state index contributed by atoms with van der Waals surface area (Å²) in [6.45, 7) is 3.89. The zero-order valence-corrected chi connectivity index (χ0v) is 12.1. The van der Waals surface area contributed by atoms with Gasteiger partial charge in [-0.1, -0.05) is 26.2 Å². The molecule has 0 aromatic carbocycles. The molecule has 110 valence electrons. The monoisotopic (exact) mass is 268 g/mol. The quantitative estimate of drug-likeness (QED) is 0.722. The minimum Gasteiger partial charge on any atom is -0.376 e. The molecule has 4 heteroatoms. The number of nitrogens with one attached hydrogen (secondary N) is 1. The highest BCUT2D eigenvalue weighted by Crippen LogP contribution is 2.44. The maximum atomic E-state index is 12.1. The molecule has 0 aliphatic heterocycles. The summed E-state index contributed by atoms with van der Waals surface area (Å²) >= 11 is 0. The summed E-state index contributed by atoms with van der Waals surface area (Å²) in [5, 5.41) is 2.99. The lowest BCUT2D eigenvalue weighted by atomic mass is 9.62. The van der Waals surface area contributed by atoms with Gasteiger partial charge in [-0.05, 0) is 31.6 Å². The summed E-state index contributed by atoms with van der Waals surface area (Å²) in [6, 6.07) is 0. The molecule has 19 heavy (non-hydrogen) atoms. The Morgan fingerprint density at radius 2 is 2.00 bits per heavy atom. The molecule has 0 saturated heterocycles. The maximum Gasteiger partial charge on any atom is 0.227 e. The van der Waals surface area contributed by atoms with E-state index in [2.05, 4.69) is 12.2 Å². The smallest absolute Gasteiger partial charge is 0.227 e.